The number of morpholine rings is 1. The maximum atomic E-state index is 5.92. The van der Waals surface area contributed by atoms with E-state index < -0.39 is 0 Å². The van der Waals surface area contributed by atoms with Crippen molar-refractivity contribution in [2.45, 2.75) is 19.1 Å². The van der Waals surface area contributed by atoms with Gasteiger partial charge in [-0.2, -0.15) is 0 Å². The van der Waals surface area contributed by atoms with Gasteiger partial charge in [0.05, 0.1) is 12.7 Å². The molecule has 0 aliphatic carbocycles. The molecule has 1 heterocycles. The van der Waals surface area contributed by atoms with Gasteiger partial charge in [-0.25, -0.2) is 0 Å². The highest BCUT2D eigenvalue weighted by Gasteiger charge is 2.24. The van der Waals surface area contributed by atoms with Crippen LogP contribution in [-0.2, 0) is 4.74 Å². The van der Waals surface area contributed by atoms with E-state index in [1.165, 1.54) is 16.3 Å². The predicted octanol–water partition coefficient (Wildman–Crippen LogP) is 3.31. The molecule has 2 nitrogen and oxygen atoms in total. The third kappa shape index (κ3) is 2.37. The van der Waals surface area contributed by atoms with Crippen LogP contribution in [0.1, 0.15) is 18.6 Å². The first-order valence-electron chi connectivity index (χ1n) is 6.19. The number of benzene rings is 2. The van der Waals surface area contributed by atoms with Crippen molar-refractivity contribution in [3.05, 3.63) is 48.0 Å². The van der Waals surface area contributed by atoms with Gasteiger partial charge in [-0.1, -0.05) is 42.5 Å². The van der Waals surface area contributed by atoms with Crippen LogP contribution in [0.3, 0.4) is 0 Å². The quantitative estimate of drug-likeness (QED) is 0.852. The Morgan fingerprint density at radius 3 is 2.72 bits per heavy atom. The summed E-state index contributed by atoms with van der Waals surface area (Å²) >= 11 is 0. The minimum Gasteiger partial charge on any atom is -0.371 e. The van der Waals surface area contributed by atoms with Gasteiger partial charge in [0, 0.05) is 12.6 Å². The molecule has 2 aromatic rings. The summed E-state index contributed by atoms with van der Waals surface area (Å²) in [6, 6.07) is 15.3. The van der Waals surface area contributed by atoms with E-state index in [4.69, 9.17) is 4.74 Å². The van der Waals surface area contributed by atoms with Gasteiger partial charge in [-0.15, -0.1) is 12.4 Å². The van der Waals surface area contributed by atoms with Crippen LogP contribution in [0.4, 0.5) is 0 Å². The number of halogens is 1. The minimum absolute atomic E-state index is 0. The zero-order valence-corrected chi connectivity index (χ0v) is 11.2. The Bertz CT molecular complexity index is 523. The van der Waals surface area contributed by atoms with Crippen molar-refractivity contribution < 1.29 is 4.74 Å². The van der Waals surface area contributed by atoms with E-state index >= 15 is 0 Å². The molecule has 0 saturated carbocycles. The second kappa shape index (κ2) is 5.70. The summed E-state index contributed by atoms with van der Waals surface area (Å²) in [5, 5.41) is 6.06. The largest absolute Gasteiger partial charge is 0.371 e. The van der Waals surface area contributed by atoms with Crippen LogP contribution in [0.5, 0.6) is 0 Å². The first kappa shape index (κ1) is 13.3. The Balaban J connectivity index is 0.00000120. The number of fused-ring (bicyclic) bond motifs is 1. The molecule has 0 aromatic heterocycles. The van der Waals surface area contributed by atoms with Crippen molar-refractivity contribution in [1.82, 2.24) is 5.32 Å². The molecule has 3 rings (SSSR count). The normalized spacial score (nSPS) is 23.6. The molecule has 1 fully saturated rings. The van der Waals surface area contributed by atoms with Gasteiger partial charge in [0.2, 0.25) is 0 Å². The molecule has 1 aliphatic heterocycles. The van der Waals surface area contributed by atoms with Crippen LogP contribution >= 0.6 is 12.4 Å². The first-order valence-corrected chi connectivity index (χ1v) is 6.19. The summed E-state index contributed by atoms with van der Waals surface area (Å²) in [7, 11) is 0. The topological polar surface area (TPSA) is 21.3 Å². The third-order valence-electron chi connectivity index (χ3n) is 3.45. The van der Waals surface area contributed by atoms with Crippen LogP contribution in [0.15, 0.2) is 42.5 Å². The molecule has 2 atom stereocenters. The van der Waals surface area contributed by atoms with Gasteiger partial charge in [0.15, 0.2) is 0 Å². The van der Waals surface area contributed by atoms with Crippen molar-refractivity contribution in [3.8, 4) is 0 Å². The fraction of sp³-hybridized carbons (Fsp3) is 0.333. The zero-order valence-electron chi connectivity index (χ0n) is 10.4. The highest BCUT2D eigenvalue weighted by Crippen LogP contribution is 2.30. The van der Waals surface area contributed by atoms with Gasteiger partial charge >= 0.3 is 0 Å². The lowest BCUT2D eigenvalue weighted by atomic mass is 9.96. The lowest BCUT2D eigenvalue weighted by molar-refractivity contribution is 0.000667. The molecule has 1 N–H and O–H groups in total. The lowest BCUT2D eigenvalue weighted by Crippen LogP contribution is -2.41. The van der Waals surface area contributed by atoms with Crippen molar-refractivity contribution in [2.24, 2.45) is 0 Å². The zero-order chi connectivity index (χ0) is 11.7. The number of rotatable bonds is 1. The molecule has 0 bridgehead atoms. The fourth-order valence-corrected chi connectivity index (χ4v) is 2.58. The van der Waals surface area contributed by atoms with Crippen LogP contribution < -0.4 is 5.32 Å². The van der Waals surface area contributed by atoms with E-state index in [-0.39, 0.29) is 18.5 Å². The maximum Gasteiger partial charge on any atom is 0.0981 e. The maximum absolute atomic E-state index is 5.92. The second-order valence-corrected chi connectivity index (χ2v) is 4.60. The van der Waals surface area contributed by atoms with Gasteiger partial charge in [0.25, 0.3) is 0 Å². The molecule has 18 heavy (non-hydrogen) atoms. The number of ether oxygens (including phenoxy) is 1. The Hall–Kier alpha value is -1.09. The first-order chi connectivity index (χ1) is 8.36. The van der Waals surface area contributed by atoms with Gasteiger partial charge in [-0.05, 0) is 23.3 Å². The van der Waals surface area contributed by atoms with E-state index in [9.17, 15) is 0 Å². The summed E-state index contributed by atoms with van der Waals surface area (Å²) in [4.78, 5) is 0. The molecule has 1 aliphatic rings. The predicted molar refractivity (Wildman–Crippen MR) is 77.4 cm³/mol. The smallest absolute Gasteiger partial charge is 0.0981 e. The Morgan fingerprint density at radius 1 is 1.11 bits per heavy atom. The second-order valence-electron chi connectivity index (χ2n) is 4.60. The Kier molecular flexibility index (Phi) is 4.23. The van der Waals surface area contributed by atoms with Crippen molar-refractivity contribution >= 4 is 23.2 Å². The lowest BCUT2D eigenvalue weighted by Gasteiger charge is -2.31. The molecular formula is C15H18ClNO. The highest BCUT2D eigenvalue weighted by atomic mass is 35.5. The van der Waals surface area contributed by atoms with Crippen molar-refractivity contribution in [3.63, 3.8) is 0 Å². The van der Waals surface area contributed by atoms with Crippen LogP contribution in [0.25, 0.3) is 10.8 Å². The number of nitrogens with one attached hydrogen (secondary N) is 1. The molecule has 0 radical (unpaired) electrons. The molecule has 96 valence electrons. The number of hydrogen-bond acceptors (Lipinski definition) is 2. The monoisotopic (exact) mass is 263 g/mol. The summed E-state index contributed by atoms with van der Waals surface area (Å²) in [6.45, 7) is 3.92. The summed E-state index contributed by atoms with van der Waals surface area (Å²) < 4.78 is 5.92. The van der Waals surface area contributed by atoms with Gasteiger partial charge < -0.3 is 10.1 Å². The fourth-order valence-electron chi connectivity index (χ4n) is 2.58. The van der Waals surface area contributed by atoms with E-state index in [2.05, 4.69) is 54.7 Å². The Morgan fingerprint density at radius 2 is 1.89 bits per heavy atom. The molecule has 3 heteroatoms. The average molecular weight is 264 g/mol. The standard InChI is InChI=1S/C15H17NO.ClH/c1-11-15(17-10-9-16-11)14-8-4-6-12-5-2-3-7-13(12)14;/h2-8,11,15-16H,9-10H2,1H3;1H. The van der Waals surface area contributed by atoms with Crippen LogP contribution in [-0.4, -0.2) is 19.2 Å². The van der Waals surface area contributed by atoms with Crippen LogP contribution in [0.2, 0.25) is 0 Å². The third-order valence-corrected chi connectivity index (χ3v) is 3.45. The molecular weight excluding hydrogens is 246 g/mol. The highest BCUT2D eigenvalue weighted by molar-refractivity contribution is 5.86. The van der Waals surface area contributed by atoms with Gasteiger partial charge in [-0.3, -0.25) is 0 Å². The molecule has 2 unspecified atom stereocenters. The van der Waals surface area contributed by atoms with Crippen molar-refractivity contribution in [1.29, 1.82) is 0 Å². The molecule has 2 aromatic carbocycles. The molecule has 1 saturated heterocycles. The SMILES string of the molecule is CC1NCCOC1c1cccc2ccccc12.Cl. The summed E-state index contributed by atoms with van der Waals surface area (Å²) in [6.07, 6.45) is 0.162. The van der Waals surface area contributed by atoms with E-state index in [1.54, 1.807) is 0 Å². The van der Waals surface area contributed by atoms with E-state index in [0.717, 1.165) is 13.2 Å². The van der Waals surface area contributed by atoms with Crippen LogP contribution in [0, 0.1) is 0 Å². The average Bonchev–Trinajstić information content (AvgIpc) is 2.39. The van der Waals surface area contributed by atoms with Gasteiger partial charge in [0.1, 0.15) is 0 Å². The molecule has 0 amide bonds. The number of hydrogen-bond donors (Lipinski definition) is 1. The molecule has 0 spiro atoms. The van der Waals surface area contributed by atoms with E-state index in [1.807, 2.05) is 0 Å². The summed E-state index contributed by atoms with van der Waals surface area (Å²) in [5.74, 6) is 0. The summed E-state index contributed by atoms with van der Waals surface area (Å²) in [5.41, 5.74) is 1.29. The van der Waals surface area contributed by atoms with Crippen molar-refractivity contribution in [2.75, 3.05) is 13.2 Å². The Labute approximate surface area is 114 Å². The minimum atomic E-state index is 0. The van der Waals surface area contributed by atoms with E-state index in [0.29, 0.717) is 6.04 Å².